The van der Waals surface area contributed by atoms with Crippen molar-refractivity contribution >= 4 is 39.3 Å². The number of nitrogens with two attached hydrogens (primary N) is 1. The fraction of sp³-hybridized carbons (Fsp3) is 0.161. The maximum atomic E-state index is 13.8. The average Bonchev–Trinajstić information content (AvgIpc) is 3.31. The third kappa shape index (κ3) is 5.05. The number of hydrogen-bond donors (Lipinski definition) is 3. The highest BCUT2D eigenvalue weighted by Gasteiger charge is 2.41. The van der Waals surface area contributed by atoms with E-state index in [1.165, 1.54) is 0 Å². The van der Waals surface area contributed by atoms with E-state index in [9.17, 15) is 9.59 Å². The Bertz CT molecular complexity index is 1560. The van der Waals surface area contributed by atoms with Crippen molar-refractivity contribution in [3.63, 3.8) is 0 Å². The second-order valence-electron chi connectivity index (χ2n) is 9.55. The SMILES string of the molecule is CC(Cc1c[nH]c2ccccc12)(C(N)=O)N(CCc1ccccc1)C(=O)Nc1ccc2ccccc2c1. The van der Waals surface area contributed by atoms with Gasteiger partial charge in [0.25, 0.3) is 0 Å². The molecular weight excluding hydrogens is 460 g/mol. The lowest BCUT2D eigenvalue weighted by atomic mass is 9.89. The number of carbonyl (C=O) groups is 2. The normalized spacial score (nSPS) is 12.8. The van der Waals surface area contributed by atoms with Crippen LogP contribution < -0.4 is 11.1 Å². The summed E-state index contributed by atoms with van der Waals surface area (Å²) in [6.07, 6.45) is 2.76. The third-order valence-corrected chi connectivity index (χ3v) is 7.05. The number of H-pyrrole nitrogens is 1. The molecule has 4 aromatic carbocycles. The molecule has 0 spiro atoms. The number of aromatic amines is 1. The van der Waals surface area contributed by atoms with Gasteiger partial charge in [-0.2, -0.15) is 0 Å². The summed E-state index contributed by atoms with van der Waals surface area (Å²) < 4.78 is 0. The van der Waals surface area contributed by atoms with E-state index in [-0.39, 0.29) is 12.5 Å². The van der Waals surface area contributed by atoms with Crippen LogP contribution in [0.1, 0.15) is 18.1 Å². The second kappa shape index (κ2) is 10.2. The summed E-state index contributed by atoms with van der Waals surface area (Å²) in [6.45, 7) is 2.08. The van der Waals surface area contributed by atoms with Crippen LogP contribution >= 0.6 is 0 Å². The highest BCUT2D eigenvalue weighted by atomic mass is 16.2. The Morgan fingerprint density at radius 2 is 1.59 bits per heavy atom. The summed E-state index contributed by atoms with van der Waals surface area (Å²) in [4.78, 5) is 31.7. The van der Waals surface area contributed by atoms with Gasteiger partial charge in [0.15, 0.2) is 0 Å². The van der Waals surface area contributed by atoms with Gasteiger partial charge in [0, 0.05) is 35.8 Å². The van der Waals surface area contributed by atoms with E-state index >= 15 is 0 Å². The zero-order valence-electron chi connectivity index (χ0n) is 20.8. The third-order valence-electron chi connectivity index (χ3n) is 7.05. The van der Waals surface area contributed by atoms with Crippen LogP contribution in [0.5, 0.6) is 0 Å². The van der Waals surface area contributed by atoms with Crippen LogP contribution in [0.3, 0.4) is 0 Å². The number of benzene rings is 4. The fourth-order valence-corrected chi connectivity index (χ4v) is 4.88. The molecular formula is C31H30N4O2. The van der Waals surface area contributed by atoms with Gasteiger partial charge in [-0.15, -0.1) is 0 Å². The monoisotopic (exact) mass is 490 g/mol. The summed E-state index contributed by atoms with van der Waals surface area (Å²) in [5.74, 6) is -0.556. The van der Waals surface area contributed by atoms with Crippen molar-refractivity contribution in [2.24, 2.45) is 5.73 Å². The van der Waals surface area contributed by atoms with Gasteiger partial charge in [-0.05, 0) is 53.4 Å². The first-order valence-corrected chi connectivity index (χ1v) is 12.4. The number of anilines is 1. The number of para-hydroxylation sites is 1. The summed E-state index contributed by atoms with van der Waals surface area (Å²) in [5, 5.41) is 6.13. The summed E-state index contributed by atoms with van der Waals surface area (Å²) >= 11 is 0. The lowest BCUT2D eigenvalue weighted by Crippen LogP contribution is -2.60. The molecule has 5 rings (SSSR count). The van der Waals surface area contributed by atoms with Crippen LogP contribution in [-0.4, -0.2) is 33.9 Å². The Kier molecular flexibility index (Phi) is 6.64. The number of primary amides is 1. The van der Waals surface area contributed by atoms with Crippen molar-refractivity contribution in [2.75, 3.05) is 11.9 Å². The predicted octanol–water partition coefficient (Wildman–Crippen LogP) is 5.88. The Morgan fingerprint density at radius 1 is 0.892 bits per heavy atom. The van der Waals surface area contributed by atoms with Crippen LogP contribution in [0.2, 0.25) is 0 Å². The van der Waals surface area contributed by atoms with Gasteiger partial charge in [0.1, 0.15) is 5.54 Å². The molecule has 0 bridgehead atoms. The van der Waals surface area contributed by atoms with Crippen molar-refractivity contribution in [1.82, 2.24) is 9.88 Å². The highest BCUT2D eigenvalue weighted by molar-refractivity contribution is 5.97. The number of carbonyl (C=O) groups excluding carboxylic acids is 2. The zero-order chi connectivity index (χ0) is 25.8. The van der Waals surface area contributed by atoms with Gasteiger partial charge < -0.3 is 20.9 Å². The molecule has 186 valence electrons. The predicted molar refractivity (Wildman–Crippen MR) is 149 cm³/mol. The Balaban J connectivity index is 1.48. The molecule has 1 heterocycles. The minimum Gasteiger partial charge on any atom is -0.368 e. The Morgan fingerprint density at radius 3 is 2.38 bits per heavy atom. The van der Waals surface area contributed by atoms with Gasteiger partial charge >= 0.3 is 6.03 Å². The second-order valence-corrected chi connectivity index (χ2v) is 9.55. The molecule has 37 heavy (non-hydrogen) atoms. The summed E-state index contributed by atoms with van der Waals surface area (Å²) in [5.41, 5.74) is 8.41. The number of urea groups is 1. The van der Waals surface area contributed by atoms with Gasteiger partial charge in [-0.25, -0.2) is 4.79 Å². The standard InChI is InChI=1S/C31H30N4O2/c1-31(29(32)36,20-25-21-33-28-14-8-7-13-27(25)28)35(18-17-22-9-3-2-4-10-22)30(37)34-26-16-15-23-11-5-6-12-24(23)19-26/h2-16,19,21,33H,17-18,20H2,1H3,(H2,32,36)(H,34,37). The molecule has 0 aliphatic heterocycles. The van der Waals surface area contributed by atoms with Gasteiger partial charge in [-0.3, -0.25) is 4.79 Å². The smallest absolute Gasteiger partial charge is 0.322 e. The number of nitrogens with one attached hydrogen (secondary N) is 2. The number of hydrogen-bond acceptors (Lipinski definition) is 2. The topological polar surface area (TPSA) is 91.2 Å². The molecule has 0 radical (unpaired) electrons. The van der Waals surface area contributed by atoms with Crippen molar-refractivity contribution in [3.05, 3.63) is 114 Å². The molecule has 0 fully saturated rings. The first kappa shape index (κ1) is 24.1. The van der Waals surface area contributed by atoms with Crippen molar-refractivity contribution in [2.45, 2.75) is 25.3 Å². The first-order chi connectivity index (χ1) is 17.9. The molecule has 1 atom stereocenters. The van der Waals surface area contributed by atoms with Crippen LogP contribution in [0.15, 0.2) is 103 Å². The number of amides is 3. The molecule has 0 saturated heterocycles. The van der Waals surface area contributed by atoms with E-state index in [1.807, 2.05) is 103 Å². The molecule has 0 aliphatic carbocycles. The first-order valence-electron chi connectivity index (χ1n) is 12.4. The molecule has 0 saturated carbocycles. The van der Waals surface area contributed by atoms with E-state index in [1.54, 1.807) is 11.8 Å². The van der Waals surface area contributed by atoms with Crippen molar-refractivity contribution in [1.29, 1.82) is 0 Å². The maximum absolute atomic E-state index is 13.8. The largest absolute Gasteiger partial charge is 0.368 e. The van der Waals surface area contributed by atoms with E-state index in [4.69, 9.17) is 5.73 Å². The number of rotatable bonds is 8. The quantitative estimate of drug-likeness (QED) is 0.253. The van der Waals surface area contributed by atoms with Crippen LogP contribution in [0, 0.1) is 0 Å². The number of nitrogens with zero attached hydrogens (tertiary/aromatic N) is 1. The molecule has 4 N–H and O–H groups in total. The van der Waals surface area contributed by atoms with Crippen molar-refractivity contribution in [3.8, 4) is 0 Å². The Labute approximate surface area is 216 Å². The number of aromatic nitrogens is 1. The fourth-order valence-electron chi connectivity index (χ4n) is 4.88. The van der Waals surface area contributed by atoms with E-state index in [0.29, 0.717) is 18.7 Å². The molecule has 1 unspecified atom stereocenters. The Hall–Kier alpha value is -4.58. The minimum atomic E-state index is -1.26. The minimum absolute atomic E-state index is 0.284. The maximum Gasteiger partial charge on any atom is 0.322 e. The molecule has 5 aromatic rings. The molecule has 1 aromatic heterocycles. The molecule has 6 heteroatoms. The highest BCUT2D eigenvalue weighted by Crippen LogP contribution is 2.28. The van der Waals surface area contributed by atoms with Crippen molar-refractivity contribution < 1.29 is 9.59 Å². The zero-order valence-corrected chi connectivity index (χ0v) is 20.8. The van der Waals surface area contributed by atoms with E-state index < -0.39 is 11.4 Å². The van der Waals surface area contributed by atoms with E-state index in [0.717, 1.165) is 32.8 Å². The summed E-state index contributed by atoms with van der Waals surface area (Å²) in [7, 11) is 0. The van der Waals surface area contributed by atoms with Crippen LogP contribution in [0.4, 0.5) is 10.5 Å². The average molecular weight is 491 g/mol. The van der Waals surface area contributed by atoms with Gasteiger partial charge in [0.05, 0.1) is 0 Å². The summed E-state index contributed by atoms with van der Waals surface area (Å²) in [6, 6.07) is 31.2. The molecule has 3 amide bonds. The van der Waals surface area contributed by atoms with Gasteiger partial charge in [-0.1, -0.05) is 78.9 Å². The van der Waals surface area contributed by atoms with E-state index in [2.05, 4.69) is 10.3 Å². The van der Waals surface area contributed by atoms with Gasteiger partial charge in [0.2, 0.25) is 5.91 Å². The molecule has 6 nitrogen and oxygen atoms in total. The molecule has 0 aliphatic rings. The number of fused-ring (bicyclic) bond motifs is 2. The lowest BCUT2D eigenvalue weighted by Gasteiger charge is -2.39. The van der Waals surface area contributed by atoms with Crippen LogP contribution in [0.25, 0.3) is 21.7 Å². The lowest BCUT2D eigenvalue weighted by molar-refractivity contribution is -0.127. The van der Waals surface area contributed by atoms with Crippen LogP contribution in [-0.2, 0) is 17.6 Å².